The Bertz CT molecular complexity index is 366. The Morgan fingerprint density at radius 2 is 1.89 bits per heavy atom. The van der Waals surface area contributed by atoms with Gasteiger partial charge in [0.05, 0.1) is 0 Å². The standard InChI is InChI=1S/C13H19ClN2OS/c1-3-16(4-2)9-10-18-15-13(17)11-5-7-12(14)8-6-11/h5-8H,3-4,9-10H2,1-2H3,(H,15,17). The Labute approximate surface area is 118 Å². The summed E-state index contributed by atoms with van der Waals surface area (Å²) in [5, 5.41) is 0.640. The van der Waals surface area contributed by atoms with Crippen LogP contribution >= 0.6 is 23.5 Å². The largest absolute Gasteiger partial charge is 0.303 e. The Morgan fingerprint density at radius 3 is 2.44 bits per heavy atom. The van der Waals surface area contributed by atoms with Crippen LogP contribution in [0.25, 0.3) is 0 Å². The van der Waals surface area contributed by atoms with E-state index in [2.05, 4.69) is 23.5 Å². The Hall–Kier alpha value is -0.710. The molecule has 5 heteroatoms. The van der Waals surface area contributed by atoms with E-state index >= 15 is 0 Å². The summed E-state index contributed by atoms with van der Waals surface area (Å²) in [5.74, 6) is 0.817. The molecule has 0 aliphatic rings. The quantitative estimate of drug-likeness (QED) is 0.618. The highest BCUT2D eigenvalue weighted by Gasteiger charge is 2.05. The molecule has 0 aliphatic carbocycles. The first-order valence-corrected chi connectivity index (χ1v) is 7.43. The molecular formula is C13H19ClN2OS. The summed E-state index contributed by atoms with van der Waals surface area (Å²) in [6.07, 6.45) is 0. The van der Waals surface area contributed by atoms with E-state index in [1.807, 2.05) is 0 Å². The summed E-state index contributed by atoms with van der Waals surface area (Å²) in [7, 11) is 0. The van der Waals surface area contributed by atoms with Gasteiger partial charge in [-0.15, -0.1) is 0 Å². The molecule has 0 aliphatic heterocycles. The number of rotatable bonds is 7. The zero-order valence-corrected chi connectivity index (χ0v) is 12.4. The van der Waals surface area contributed by atoms with Crippen LogP contribution in [-0.2, 0) is 0 Å². The van der Waals surface area contributed by atoms with Crippen molar-refractivity contribution in [3.63, 3.8) is 0 Å². The SMILES string of the molecule is CCN(CC)CCSNC(=O)c1ccc(Cl)cc1. The van der Waals surface area contributed by atoms with Crippen LogP contribution in [0.4, 0.5) is 0 Å². The van der Waals surface area contributed by atoms with E-state index in [0.717, 1.165) is 25.4 Å². The highest BCUT2D eigenvalue weighted by atomic mass is 35.5. The molecule has 0 aromatic heterocycles. The van der Waals surface area contributed by atoms with E-state index in [4.69, 9.17) is 11.6 Å². The minimum absolute atomic E-state index is 0.0730. The third-order valence-electron chi connectivity index (χ3n) is 2.68. The van der Waals surface area contributed by atoms with E-state index in [-0.39, 0.29) is 5.91 Å². The topological polar surface area (TPSA) is 32.3 Å². The highest BCUT2D eigenvalue weighted by Crippen LogP contribution is 2.10. The molecule has 1 aromatic rings. The molecule has 1 aromatic carbocycles. The zero-order chi connectivity index (χ0) is 13.4. The monoisotopic (exact) mass is 286 g/mol. The van der Waals surface area contributed by atoms with Gasteiger partial charge < -0.3 is 4.90 Å². The number of hydrogen-bond acceptors (Lipinski definition) is 3. The van der Waals surface area contributed by atoms with Gasteiger partial charge in [-0.05, 0) is 49.3 Å². The molecule has 0 heterocycles. The van der Waals surface area contributed by atoms with E-state index in [0.29, 0.717) is 10.6 Å². The fraction of sp³-hybridized carbons (Fsp3) is 0.462. The maximum absolute atomic E-state index is 11.8. The minimum Gasteiger partial charge on any atom is -0.303 e. The smallest absolute Gasteiger partial charge is 0.261 e. The third-order valence-corrected chi connectivity index (χ3v) is 3.64. The number of nitrogens with one attached hydrogen (secondary N) is 1. The molecule has 18 heavy (non-hydrogen) atoms. The second-order valence-electron chi connectivity index (χ2n) is 3.81. The lowest BCUT2D eigenvalue weighted by Crippen LogP contribution is -2.27. The van der Waals surface area contributed by atoms with Crippen molar-refractivity contribution in [2.24, 2.45) is 0 Å². The van der Waals surface area contributed by atoms with Crippen LogP contribution in [0.15, 0.2) is 24.3 Å². The molecule has 0 saturated heterocycles. The van der Waals surface area contributed by atoms with Gasteiger partial charge in [-0.1, -0.05) is 25.4 Å². The molecule has 1 amide bonds. The molecule has 100 valence electrons. The number of hydrogen-bond donors (Lipinski definition) is 1. The predicted octanol–water partition coefficient (Wildman–Crippen LogP) is 3.06. The van der Waals surface area contributed by atoms with Crippen molar-refractivity contribution in [1.82, 2.24) is 9.62 Å². The Morgan fingerprint density at radius 1 is 1.28 bits per heavy atom. The van der Waals surface area contributed by atoms with Crippen molar-refractivity contribution >= 4 is 29.5 Å². The van der Waals surface area contributed by atoms with E-state index < -0.39 is 0 Å². The van der Waals surface area contributed by atoms with Crippen LogP contribution in [0.3, 0.4) is 0 Å². The molecule has 0 radical (unpaired) electrons. The number of nitrogens with zero attached hydrogens (tertiary/aromatic N) is 1. The highest BCUT2D eigenvalue weighted by molar-refractivity contribution is 7.97. The van der Waals surface area contributed by atoms with Gasteiger partial charge in [0.2, 0.25) is 0 Å². The fourth-order valence-corrected chi connectivity index (χ4v) is 2.32. The van der Waals surface area contributed by atoms with Crippen molar-refractivity contribution in [2.75, 3.05) is 25.4 Å². The van der Waals surface area contributed by atoms with Crippen molar-refractivity contribution in [3.05, 3.63) is 34.9 Å². The minimum atomic E-state index is -0.0730. The van der Waals surface area contributed by atoms with Gasteiger partial charge in [-0.3, -0.25) is 9.52 Å². The third kappa shape index (κ3) is 5.29. The summed E-state index contributed by atoms with van der Waals surface area (Å²) in [5.41, 5.74) is 0.634. The van der Waals surface area contributed by atoms with Crippen molar-refractivity contribution < 1.29 is 4.79 Å². The van der Waals surface area contributed by atoms with Crippen LogP contribution in [0.2, 0.25) is 5.02 Å². The van der Waals surface area contributed by atoms with Crippen molar-refractivity contribution in [1.29, 1.82) is 0 Å². The molecule has 0 saturated carbocycles. The van der Waals surface area contributed by atoms with Crippen LogP contribution < -0.4 is 4.72 Å². The second-order valence-corrected chi connectivity index (χ2v) is 5.15. The molecule has 0 atom stereocenters. The summed E-state index contributed by atoms with van der Waals surface area (Å²) in [6.45, 7) is 7.35. The van der Waals surface area contributed by atoms with E-state index in [1.165, 1.54) is 11.9 Å². The lowest BCUT2D eigenvalue weighted by molar-refractivity contribution is 0.0984. The first kappa shape index (κ1) is 15.3. The van der Waals surface area contributed by atoms with Gasteiger partial charge >= 0.3 is 0 Å². The molecule has 0 unspecified atom stereocenters. The summed E-state index contributed by atoms with van der Waals surface area (Å²) < 4.78 is 2.83. The normalized spacial score (nSPS) is 10.7. The lowest BCUT2D eigenvalue weighted by atomic mass is 10.2. The second kappa shape index (κ2) is 8.40. The lowest BCUT2D eigenvalue weighted by Gasteiger charge is -2.17. The maximum Gasteiger partial charge on any atom is 0.261 e. The Balaban J connectivity index is 2.27. The molecule has 0 bridgehead atoms. The molecule has 1 rings (SSSR count). The molecule has 1 N–H and O–H groups in total. The average molecular weight is 287 g/mol. The van der Waals surface area contributed by atoms with E-state index in [1.54, 1.807) is 24.3 Å². The molecule has 0 fully saturated rings. The number of amides is 1. The van der Waals surface area contributed by atoms with Gasteiger partial charge in [0.15, 0.2) is 0 Å². The van der Waals surface area contributed by atoms with Crippen molar-refractivity contribution in [3.8, 4) is 0 Å². The number of carbonyl (C=O) groups is 1. The fourth-order valence-electron chi connectivity index (χ4n) is 1.49. The van der Waals surface area contributed by atoms with Gasteiger partial charge in [0.25, 0.3) is 5.91 Å². The molecule has 3 nitrogen and oxygen atoms in total. The first-order valence-electron chi connectivity index (χ1n) is 6.07. The number of carbonyl (C=O) groups excluding carboxylic acids is 1. The molecular weight excluding hydrogens is 268 g/mol. The van der Waals surface area contributed by atoms with E-state index in [9.17, 15) is 4.79 Å². The van der Waals surface area contributed by atoms with Gasteiger partial charge in [0, 0.05) is 22.9 Å². The first-order chi connectivity index (χ1) is 8.67. The number of halogens is 1. The van der Waals surface area contributed by atoms with Crippen LogP contribution in [-0.4, -0.2) is 36.2 Å². The summed E-state index contributed by atoms with van der Waals surface area (Å²) >= 11 is 7.21. The predicted molar refractivity (Wildman–Crippen MR) is 79.2 cm³/mol. The van der Waals surface area contributed by atoms with Gasteiger partial charge in [-0.2, -0.15) is 0 Å². The van der Waals surface area contributed by atoms with Crippen LogP contribution in [0, 0.1) is 0 Å². The maximum atomic E-state index is 11.8. The van der Waals surface area contributed by atoms with Gasteiger partial charge in [-0.25, -0.2) is 0 Å². The van der Waals surface area contributed by atoms with Crippen LogP contribution in [0.1, 0.15) is 24.2 Å². The van der Waals surface area contributed by atoms with Crippen LogP contribution in [0.5, 0.6) is 0 Å². The van der Waals surface area contributed by atoms with Gasteiger partial charge in [0.1, 0.15) is 0 Å². The number of benzene rings is 1. The summed E-state index contributed by atoms with van der Waals surface area (Å²) in [6, 6.07) is 6.89. The summed E-state index contributed by atoms with van der Waals surface area (Å²) in [4.78, 5) is 14.1. The zero-order valence-electron chi connectivity index (χ0n) is 10.8. The van der Waals surface area contributed by atoms with Crippen molar-refractivity contribution in [2.45, 2.75) is 13.8 Å². The molecule has 0 spiro atoms. The average Bonchev–Trinajstić information content (AvgIpc) is 2.39. The Kier molecular flexibility index (Phi) is 7.16.